The number of nitrogens with zero attached hydrogens (tertiary/aromatic N) is 3. The highest BCUT2D eigenvalue weighted by molar-refractivity contribution is 7.19. The topological polar surface area (TPSA) is 103 Å². The molecular weight excluding hydrogens is 522 g/mol. The van der Waals surface area contributed by atoms with Crippen LogP contribution in [0.1, 0.15) is 59.5 Å². The number of benzene rings is 1. The molecule has 4 heterocycles. The fraction of sp³-hybridized carbons (Fsp3) is 0.516. The summed E-state index contributed by atoms with van der Waals surface area (Å²) in [6.07, 6.45) is 2.63. The van der Waals surface area contributed by atoms with Crippen LogP contribution in [0, 0.1) is 13.8 Å². The van der Waals surface area contributed by atoms with Crippen LogP contribution in [0.25, 0.3) is 21.5 Å². The Hall–Kier alpha value is -3.01. The van der Waals surface area contributed by atoms with E-state index >= 15 is 0 Å². The van der Waals surface area contributed by atoms with E-state index in [0.717, 1.165) is 89.6 Å². The normalized spacial score (nSPS) is 17.1. The molecule has 3 N–H and O–H groups in total. The third-order valence-electron chi connectivity index (χ3n) is 8.45. The lowest BCUT2D eigenvalue weighted by molar-refractivity contribution is -0.131. The van der Waals surface area contributed by atoms with Crippen LogP contribution in [-0.4, -0.2) is 89.6 Å². The Labute approximate surface area is 240 Å². The molecule has 0 saturated carbocycles. The third-order valence-corrected chi connectivity index (χ3v) is 9.82. The van der Waals surface area contributed by atoms with Crippen molar-refractivity contribution in [3.8, 4) is 11.3 Å². The molecule has 5 rings (SSSR count). The standard InChI is InChI=1S/C31H41N5O3S/c1-20-15-21(2)17-22(16-20)28-27(23-18-25(40-29(23)33-28)31(3,4)30(32)39)24(37)7-10-34-11-13-35(14-12-34)19-26(38)36-8-5-6-9-36/h15-18,33H,5-14,19H2,1-4H3,(H2,32,39). The molecule has 2 fully saturated rings. The lowest BCUT2D eigenvalue weighted by atomic mass is 9.90. The lowest BCUT2D eigenvalue weighted by Gasteiger charge is -2.34. The first-order chi connectivity index (χ1) is 19.0. The van der Waals surface area contributed by atoms with E-state index in [1.807, 2.05) is 24.8 Å². The van der Waals surface area contributed by atoms with E-state index < -0.39 is 5.41 Å². The Balaban J connectivity index is 1.32. The van der Waals surface area contributed by atoms with E-state index in [1.54, 1.807) is 0 Å². The number of piperazine rings is 1. The van der Waals surface area contributed by atoms with Crippen molar-refractivity contribution in [3.05, 3.63) is 45.8 Å². The number of carbonyl (C=O) groups is 3. The van der Waals surface area contributed by atoms with Gasteiger partial charge in [-0.15, -0.1) is 11.3 Å². The van der Waals surface area contributed by atoms with Crippen molar-refractivity contribution in [2.45, 2.75) is 52.4 Å². The maximum atomic E-state index is 13.9. The molecule has 0 unspecified atom stereocenters. The van der Waals surface area contributed by atoms with Crippen LogP contribution in [-0.2, 0) is 15.0 Å². The number of nitrogens with two attached hydrogens (primary N) is 1. The quantitative estimate of drug-likeness (QED) is 0.382. The van der Waals surface area contributed by atoms with Crippen molar-refractivity contribution in [1.29, 1.82) is 0 Å². The number of carbonyl (C=O) groups excluding carboxylic acids is 3. The molecule has 2 saturated heterocycles. The van der Waals surface area contributed by atoms with Crippen molar-refractivity contribution in [3.63, 3.8) is 0 Å². The van der Waals surface area contributed by atoms with Crippen LogP contribution in [0.15, 0.2) is 24.3 Å². The number of Topliss-reactive ketones (excluding diaryl/α,β-unsaturated/α-hetero) is 1. The van der Waals surface area contributed by atoms with Crippen molar-refractivity contribution in [2.24, 2.45) is 5.73 Å². The Morgan fingerprint density at radius 1 is 0.925 bits per heavy atom. The number of H-pyrrole nitrogens is 1. The number of hydrogen-bond acceptors (Lipinski definition) is 6. The van der Waals surface area contributed by atoms with Gasteiger partial charge in [0.05, 0.1) is 23.2 Å². The summed E-state index contributed by atoms with van der Waals surface area (Å²) < 4.78 is 0. The van der Waals surface area contributed by atoms with Gasteiger partial charge in [0, 0.05) is 62.5 Å². The van der Waals surface area contributed by atoms with Gasteiger partial charge in [0.1, 0.15) is 4.83 Å². The molecule has 2 aliphatic heterocycles. The number of rotatable bonds is 9. The van der Waals surface area contributed by atoms with E-state index in [4.69, 9.17) is 5.73 Å². The fourth-order valence-electron chi connectivity index (χ4n) is 5.85. The summed E-state index contributed by atoms with van der Waals surface area (Å²) in [6, 6.07) is 8.31. The number of aromatic amines is 1. The Kier molecular flexibility index (Phi) is 8.17. The van der Waals surface area contributed by atoms with Gasteiger partial charge in [-0.3, -0.25) is 19.3 Å². The van der Waals surface area contributed by atoms with Crippen LogP contribution >= 0.6 is 11.3 Å². The molecule has 2 amide bonds. The molecule has 9 heteroatoms. The van der Waals surface area contributed by atoms with Gasteiger partial charge in [-0.2, -0.15) is 0 Å². The van der Waals surface area contributed by atoms with E-state index in [2.05, 4.69) is 46.8 Å². The molecule has 8 nitrogen and oxygen atoms in total. The smallest absolute Gasteiger partial charge is 0.236 e. The second-order valence-corrected chi connectivity index (χ2v) is 13.0. The molecule has 0 bridgehead atoms. The summed E-state index contributed by atoms with van der Waals surface area (Å²) in [5.74, 6) is -0.0560. The summed E-state index contributed by atoms with van der Waals surface area (Å²) in [4.78, 5) is 50.4. The van der Waals surface area contributed by atoms with E-state index in [-0.39, 0.29) is 17.6 Å². The van der Waals surface area contributed by atoms with E-state index in [0.29, 0.717) is 25.1 Å². The number of primary amides is 1. The summed E-state index contributed by atoms with van der Waals surface area (Å²) >= 11 is 1.49. The van der Waals surface area contributed by atoms with Crippen LogP contribution in [0.4, 0.5) is 0 Å². The summed E-state index contributed by atoms with van der Waals surface area (Å²) in [5, 5.41) is 0.860. The van der Waals surface area contributed by atoms with Gasteiger partial charge in [-0.05, 0) is 64.3 Å². The number of nitrogens with one attached hydrogen (secondary N) is 1. The largest absolute Gasteiger partial charge is 0.369 e. The number of fused-ring (bicyclic) bond motifs is 1. The highest BCUT2D eigenvalue weighted by Crippen LogP contribution is 2.40. The maximum absolute atomic E-state index is 13.9. The minimum absolute atomic E-state index is 0.0910. The van der Waals surface area contributed by atoms with Gasteiger partial charge in [0.25, 0.3) is 0 Å². The first kappa shape index (κ1) is 28.5. The molecule has 1 aromatic carbocycles. The minimum atomic E-state index is -0.819. The zero-order valence-electron chi connectivity index (χ0n) is 24.1. The van der Waals surface area contributed by atoms with Gasteiger partial charge < -0.3 is 20.5 Å². The first-order valence-electron chi connectivity index (χ1n) is 14.3. The molecule has 0 radical (unpaired) electrons. The van der Waals surface area contributed by atoms with Gasteiger partial charge in [0.2, 0.25) is 11.8 Å². The number of aromatic nitrogens is 1. The SMILES string of the molecule is Cc1cc(C)cc(-c2[nH]c3sc(C(C)(C)C(N)=O)cc3c2C(=O)CCN2CCN(CC(=O)N3CCCC3)CC2)c1. The average molecular weight is 564 g/mol. The zero-order chi connectivity index (χ0) is 28.6. The number of thiophene rings is 1. The summed E-state index contributed by atoms with van der Waals surface area (Å²) in [7, 11) is 0. The summed E-state index contributed by atoms with van der Waals surface area (Å²) in [6.45, 7) is 14.1. The average Bonchev–Trinajstić information content (AvgIpc) is 3.64. The Morgan fingerprint density at radius 2 is 1.55 bits per heavy atom. The van der Waals surface area contributed by atoms with Crippen LogP contribution < -0.4 is 5.73 Å². The van der Waals surface area contributed by atoms with Gasteiger partial charge in [0.15, 0.2) is 5.78 Å². The molecule has 40 heavy (non-hydrogen) atoms. The number of ketones is 1. The molecular formula is C31H41N5O3S. The van der Waals surface area contributed by atoms with Crippen molar-refractivity contribution >= 4 is 39.2 Å². The van der Waals surface area contributed by atoms with Crippen molar-refractivity contribution in [2.75, 3.05) is 52.4 Å². The fourth-order valence-corrected chi connectivity index (χ4v) is 7.02. The lowest BCUT2D eigenvalue weighted by Crippen LogP contribution is -2.50. The first-order valence-corrected chi connectivity index (χ1v) is 15.1. The van der Waals surface area contributed by atoms with E-state index in [9.17, 15) is 14.4 Å². The predicted molar refractivity (Wildman–Crippen MR) is 161 cm³/mol. The molecule has 0 atom stereocenters. The monoisotopic (exact) mass is 563 g/mol. The highest BCUT2D eigenvalue weighted by atomic mass is 32.1. The van der Waals surface area contributed by atoms with Gasteiger partial charge in [-0.25, -0.2) is 0 Å². The van der Waals surface area contributed by atoms with Crippen LogP contribution in [0.5, 0.6) is 0 Å². The number of aryl methyl sites for hydroxylation is 2. The number of likely N-dealkylation sites (tertiary alicyclic amines) is 1. The van der Waals surface area contributed by atoms with Gasteiger partial charge in [-0.1, -0.05) is 17.2 Å². The Morgan fingerprint density at radius 3 is 2.17 bits per heavy atom. The van der Waals surface area contributed by atoms with Crippen molar-refractivity contribution in [1.82, 2.24) is 19.7 Å². The minimum Gasteiger partial charge on any atom is -0.369 e. The second kappa shape index (κ2) is 11.5. The molecule has 0 aliphatic carbocycles. The highest BCUT2D eigenvalue weighted by Gasteiger charge is 2.32. The maximum Gasteiger partial charge on any atom is 0.236 e. The molecule has 0 spiro atoms. The van der Waals surface area contributed by atoms with Crippen LogP contribution in [0.2, 0.25) is 0 Å². The van der Waals surface area contributed by atoms with Crippen molar-refractivity contribution < 1.29 is 14.4 Å². The third kappa shape index (κ3) is 5.87. The molecule has 2 aromatic heterocycles. The number of amides is 2. The molecule has 3 aromatic rings. The zero-order valence-corrected chi connectivity index (χ0v) is 25.0. The predicted octanol–water partition coefficient (Wildman–Crippen LogP) is 4.09. The van der Waals surface area contributed by atoms with E-state index in [1.165, 1.54) is 11.3 Å². The molecule has 214 valence electrons. The van der Waals surface area contributed by atoms with Crippen LogP contribution in [0.3, 0.4) is 0 Å². The Bertz CT molecular complexity index is 1400. The second-order valence-electron chi connectivity index (χ2n) is 12.0. The number of hydrogen-bond donors (Lipinski definition) is 2. The summed E-state index contributed by atoms with van der Waals surface area (Å²) in [5.41, 5.74) is 9.70. The molecule has 2 aliphatic rings. The van der Waals surface area contributed by atoms with Gasteiger partial charge >= 0.3 is 0 Å².